The molecule has 12 nitrogen and oxygen atoms in total. The van der Waals surface area contributed by atoms with Gasteiger partial charge in [0.2, 0.25) is 0 Å². The maximum absolute atomic E-state index is 8.03. The van der Waals surface area contributed by atoms with Gasteiger partial charge in [0.05, 0.1) is 66.6 Å². The van der Waals surface area contributed by atoms with E-state index in [2.05, 4.69) is 112 Å². The van der Waals surface area contributed by atoms with E-state index in [0.29, 0.717) is 0 Å². The molecule has 1 saturated carbocycles. The quantitative estimate of drug-likeness (QED) is 0.0296. The molecule has 0 N–H and O–H groups in total. The summed E-state index contributed by atoms with van der Waals surface area (Å²) in [6, 6.07) is 89.9. The number of methoxy groups -OCH3 is 1. The fourth-order valence-electron chi connectivity index (χ4n) is 12.7. The van der Waals surface area contributed by atoms with E-state index in [1.807, 2.05) is 182 Å². The summed E-state index contributed by atoms with van der Waals surface area (Å²) in [5.41, 5.74) is 6.63. The van der Waals surface area contributed by atoms with Crippen molar-refractivity contribution in [1.82, 2.24) is 0 Å². The van der Waals surface area contributed by atoms with Gasteiger partial charge in [-0.25, -0.2) is 0 Å². The first-order valence-electron chi connectivity index (χ1n) is 32.6. The van der Waals surface area contributed by atoms with E-state index in [1.165, 1.54) is 0 Å². The highest BCUT2D eigenvalue weighted by atomic mass is 28.4. The summed E-state index contributed by atoms with van der Waals surface area (Å²) >= 11 is 0. The monoisotopic (exact) mass is 1280 g/mol. The summed E-state index contributed by atoms with van der Waals surface area (Å²) in [7, 11) is -1.60. The van der Waals surface area contributed by atoms with Crippen molar-refractivity contribution in [3.05, 3.63) is 319 Å². The first kappa shape index (κ1) is 67.7. The molecule has 11 rings (SSSR count). The van der Waals surface area contributed by atoms with Crippen molar-refractivity contribution in [2.75, 3.05) is 20.3 Å². The van der Waals surface area contributed by atoms with Gasteiger partial charge in [-0.2, -0.15) is 0 Å². The Kier molecular flexibility index (Phi) is 24.6. The van der Waals surface area contributed by atoms with Gasteiger partial charge in [0, 0.05) is 0 Å². The van der Waals surface area contributed by atoms with E-state index in [-0.39, 0.29) is 64.5 Å². The number of benzene rings is 9. The Morgan fingerprint density at radius 3 is 0.968 bits per heavy atom. The van der Waals surface area contributed by atoms with Crippen LogP contribution in [0.4, 0.5) is 0 Å². The van der Waals surface area contributed by atoms with E-state index >= 15 is 0 Å². The minimum absolute atomic E-state index is 0.0719. The van der Waals surface area contributed by atoms with Crippen LogP contribution < -0.4 is 15.1 Å². The van der Waals surface area contributed by atoms with Gasteiger partial charge in [0.1, 0.15) is 66.8 Å². The van der Waals surface area contributed by atoms with E-state index in [1.54, 1.807) is 13.2 Å². The smallest absolute Gasteiger partial charge is 0.261 e. The Bertz CT molecular complexity index is 3550. The number of hydrogen-bond donors (Lipinski definition) is 0. The molecule has 9 aromatic carbocycles. The number of hydrogen-bond acceptors (Lipinski definition) is 12. The third kappa shape index (κ3) is 17.6. The van der Waals surface area contributed by atoms with Crippen LogP contribution in [0.5, 0.6) is 5.75 Å². The van der Waals surface area contributed by atoms with Crippen molar-refractivity contribution < 1.29 is 56.5 Å². The lowest BCUT2D eigenvalue weighted by Crippen LogP contribution is -2.70. The predicted molar refractivity (Wildman–Crippen MR) is 369 cm³/mol. The molecule has 1 heterocycles. The minimum Gasteiger partial charge on any atom is -0.497 e. The Labute approximate surface area is 556 Å². The average Bonchev–Trinajstić information content (AvgIpc) is 0.755. The Morgan fingerprint density at radius 2 is 0.638 bits per heavy atom. The van der Waals surface area contributed by atoms with Crippen molar-refractivity contribution in [3.8, 4) is 5.75 Å². The highest BCUT2D eigenvalue weighted by molar-refractivity contribution is 6.99. The normalized spacial score (nSPS) is 22.3. The van der Waals surface area contributed by atoms with Crippen LogP contribution in [0.15, 0.2) is 280 Å². The summed E-state index contributed by atoms with van der Waals surface area (Å²) in [6.45, 7) is 12.6. The molecule has 0 spiro atoms. The maximum atomic E-state index is 8.03. The van der Waals surface area contributed by atoms with Gasteiger partial charge in [-0.3, -0.25) is 0 Å². The van der Waals surface area contributed by atoms with Crippen molar-refractivity contribution in [2.45, 2.75) is 139 Å². The lowest BCUT2D eigenvalue weighted by Gasteiger charge is -2.52. The van der Waals surface area contributed by atoms with Gasteiger partial charge in [-0.05, 0) is 66.5 Å². The van der Waals surface area contributed by atoms with Crippen LogP contribution in [0.3, 0.4) is 0 Å². The average molecular weight is 1280 g/mol. The van der Waals surface area contributed by atoms with Crippen LogP contribution in [0.2, 0.25) is 5.04 Å². The topological polar surface area (TPSA) is 111 Å². The van der Waals surface area contributed by atoms with Gasteiger partial charge >= 0.3 is 0 Å². The Balaban J connectivity index is 1.09. The fraction of sp³-hybridized carbons (Fsp3) is 0.309. The maximum Gasteiger partial charge on any atom is 0.261 e. The zero-order valence-electron chi connectivity index (χ0n) is 54.3. The van der Waals surface area contributed by atoms with Crippen LogP contribution >= 0.6 is 0 Å². The van der Waals surface area contributed by atoms with Crippen LogP contribution in [-0.4, -0.2) is 96.0 Å². The number of rotatable bonds is 32. The lowest BCUT2D eigenvalue weighted by atomic mass is 9.83. The summed E-state index contributed by atoms with van der Waals surface area (Å²) in [5, 5.41) is 1.85. The van der Waals surface area contributed by atoms with Crippen molar-refractivity contribution in [3.63, 3.8) is 0 Å². The zero-order valence-corrected chi connectivity index (χ0v) is 55.3. The second-order valence-electron chi connectivity index (χ2n) is 24.9. The van der Waals surface area contributed by atoms with Crippen molar-refractivity contribution >= 4 is 18.7 Å². The molecular weight excluding hydrogens is 1190 g/mol. The van der Waals surface area contributed by atoms with Crippen LogP contribution in [0.1, 0.15) is 59.7 Å². The molecule has 9 aromatic rings. The van der Waals surface area contributed by atoms with Gasteiger partial charge in [0.25, 0.3) is 8.32 Å². The second kappa shape index (κ2) is 34.1. The molecule has 2 aliphatic rings. The SMILES string of the molecule is C=CCO[C@@H]1[C@@H](OCc2ccccc2)[C@H](OCc2ccccc2)[C@@H](OCc2ccccc2)[C@@H](O[C@H]2O[C@H](CO[Si](c3ccccc3)(c3ccccc3)C(C)(C)C)[C@@H](OCc3ccccc3)[C@H](OCc3ccccc3)[C@@H]2OCc2ccccc2)[C@H]1OCc1ccc(OC)cc1. The second-order valence-corrected chi connectivity index (χ2v) is 29.2. The highest BCUT2D eigenvalue weighted by Gasteiger charge is 2.59. The molecule has 1 saturated heterocycles. The molecule has 2 fully saturated rings. The van der Waals surface area contributed by atoms with Crippen molar-refractivity contribution in [2.24, 2.45) is 0 Å². The molecular formula is C81H88O12Si. The van der Waals surface area contributed by atoms with Gasteiger partial charge in [0.15, 0.2) is 6.29 Å². The van der Waals surface area contributed by atoms with Gasteiger partial charge in [-0.1, -0.05) is 282 Å². The van der Waals surface area contributed by atoms with Gasteiger partial charge < -0.3 is 56.5 Å². The Hall–Kier alpha value is -7.70. The van der Waals surface area contributed by atoms with Crippen LogP contribution in [0, 0.1) is 0 Å². The predicted octanol–water partition coefficient (Wildman–Crippen LogP) is 14.4. The third-order valence-electron chi connectivity index (χ3n) is 17.4. The summed E-state index contributed by atoms with van der Waals surface area (Å²) < 4.78 is 88.1. The van der Waals surface area contributed by atoms with E-state index in [0.717, 1.165) is 55.1 Å². The van der Waals surface area contributed by atoms with E-state index in [4.69, 9.17) is 56.5 Å². The number of ether oxygens (including phenoxy) is 11. The van der Waals surface area contributed by atoms with Gasteiger partial charge in [-0.15, -0.1) is 6.58 Å². The first-order valence-corrected chi connectivity index (χ1v) is 34.5. The molecule has 94 heavy (non-hydrogen) atoms. The molecule has 1 aliphatic heterocycles. The molecule has 0 aromatic heterocycles. The van der Waals surface area contributed by atoms with Crippen molar-refractivity contribution in [1.29, 1.82) is 0 Å². The highest BCUT2D eigenvalue weighted by Crippen LogP contribution is 2.42. The fourth-order valence-corrected chi connectivity index (χ4v) is 17.3. The third-order valence-corrected chi connectivity index (χ3v) is 22.4. The largest absolute Gasteiger partial charge is 0.497 e. The standard InChI is InChI=1S/C81H88O12Si/c1-6-51-83-73-74(86-54-62-35-19-9-20-36-62)75(87-55-63-37-21-10-22-38-63)77(88-56-64-39-23-11-24-40-64)78(76(73)89-58-66-47-49-67(82-5)50-48-66)93-80-79(90-57-65-41-25-12-26-42-65)72(85-53-61-33-17-8-18-34-61)71(84-52-60-31-15-7-16-32-60)70(92-80)59-91-94(81(2,3)4,68-43-27-13-28-44-68)69-45-29-14-30-46-69/h6-50,70-80H,1,51-59H2,2-5H3/t70-,71-,72+,73-,74-,75+,76+,77-,78+,79+,80-/m1/s1. The van der Waals surface area contributed by atoms with Crippen LogP contribution in [0.25, 0.3) is 0 Å². The molecule has 488 valence electrons. The van der Waals surface area contributed by atoms with E-state index in [9.17, 15) is 0 Å². The Morgan fingerprint density at radius 1 is 0.351 bits per heavy atom. The first-order chi connectivity index (χ1) is 46.2. The lowest BCUT2D eigenvalue weighted by molar-refractivity contribution is -0.364. The molecule has 0 amide bonds. The van der Waals surface area contributed by atoms with E-state index < -0.39 is 75.6 Å². The summed E-state index contributed by atoms with van der Waals surface area (Å²) in [5.74, 6) is 0.719. The molecule has 0 unspecified atom stereocenters. The zero-order chi connectivity index (χ0) is 64.8. The molecule has 11 atom stereocenters. The minimum atomic E-state index is -3.26. The summed E-state index contributed by atoms with van der Waals surface area (Å²) in [6.07, 6.45) is -8.44. The summed E-state index contributed by atoms with van der Waals surface area (Å²) in [4.78, 5) is 0. The molecule has 13 heteroatoms. The molecule has 0 radical (unpaired) electrons. The molecule has 0 bridgehead atoms. The van der Waals surface area contributed by atoms with Crippen LogP contribution in [-0.2, 0) is 98.0 Å². The molecule has 1 aliphatic carbocycles.